The lowest BCUT2D eigenvalue weighted by Crippen LogP contribution is -2.42. The zero-order valence-corrected chi connectivity index (χ0v) is 13.0. The molecular formula is C17H27N3. The van der Waals surface area contributed by atoms with Gasteiger partial charge in [0.25, 0.3) is 0 Å². The van der Waals surface area contributed by atoms with Crippen LogP contribution in [0.2, 0.25) is 0 Å². The first-order valence-corrected chi connectivity index (χ1v) is 7.68. The van der Waals surface area contributed by atoms with Crippen molar-refractivity contribution in [3.63, 3.8) is 0 Å². The Kier molecular flexibility index (Phi) is 5.05. The minimum Gasteiger partial charge on any atom is -0.370 e. The molecule has 1 aromatic rings. The predicted molar refractivity (Wildman–Crippen MR) is 86.1 cm³/mol. The Hall–Kier alpha value is -1.51. The molecule has 2 rings (SSSR count). The Morgan fingerprint density at radius 2 is 1.85 bits per heavy atom. The normalized spacial score (nSPS) is 17.6. The molecule has 110 valence electrons. The van der Waals surface area contributed by atoms with Crippen LogP contribution in [-0.4, -0.2) is 30.5 Å². The molecule has 1 saturated heterocycles. The molecule has 0 radical (unpaired) electrons. The van der Waals surface area contributed by atoms with Crippen LogP contribution in [0.3, 0.4) is 0 Å². The second-order valence-electron chi connectivity index (χ2n) is 6.03. The van der Waals surface area contributed by atoms with Crippen molar-refractivity contribution in [1.82, 2.24) is 4.90 Å². The highest BCUT2D eigenvalue weighted by atomic mass is 15.3. The lowest BCUT2D eigenvalue weighted by atomic mass is 9.99. The predicted octanol–water partition coefficient (Wildman–Crippen LogP) is 2.89. The fourth-order valence-corrected chi connectivity index (χ4v) is 2.86. The fraction of sp³-hybridized carbons (Fsp3) is 0.588. The van der Waals surface area contributed by atoms with E-state index in [2.05, 4.69) is 48.9 Å². The van der Waals surface area contributed by atoms with Crippen molar-refractivity contribution in [3.05, 3.63) is 34.9 Å². The van der Waals surface area contributed by atoms with Crippen molar-refractivity contribution in [2.45, 2.75) is 40.0 Å². The number of hydrogen-bond donors (Lipinski definition) is 1. The maximum atomic E-state index is 6.11. The Balaban J connectivity index is 1.89. The zero-order valence-electron chi connectivity index (χ0n) is 13.0. The number of benzene rings is 1. The van der Waals surface area contributed by atoms with E-state index in [-0.39, 0.29) is 0 Å². The van der Waals surface area contributed by atoms with Crippen LogP contribution < -0.4 is 5.73 Å². The number of nitrogens with zero attached hydrogens (tertiary/aromatic N) is 2. The van der Waals surface area contributed by atoms with Gasteiger partial charge in [0, 0.05) is 19.6 Å². The first-order chi connectivity index (χ1) is 9.58. The van der Waals surface area contributed by atoms with Gasteiger partial charge in [-0.3, -0.25) is 4.99 Å². The van der Waals surface area contributed by atoms with Crippen LogP contribution in [-0.2, 0) is 6.42 Å². The van der Waals surface area contributed by atoms with E-state index in [0.29, 0.717) is 0 Å². The highest BCUT2D eigenvalue weighted by molar-refractivity contribution is 5.78. The molecule has 1 fully saturated rings. The van der Waals surface area contributed by atoms with Crippen LogP contribution in [0, 0.1) is 19.8 Å². The Morgan fingerprint density at radius 1 is 1.25 bits per heavy atom. The fourth-order valence-electron chi connectivity index (χ4n) is 2.86. The van der Waals surface area contributed by atoms with E-state index >= 15 is 0 Å². The molecule has 0 unspecified atom stereocenters. The number of nitrogens with two attached hydrogens (primary N) is 1. The smallest absolute Gasteiger partial charge is 0.191 e. The number of hydrogen-bond acceptors (Lipinski definition) is 1. The molecule has 3 nitrogen and oxygen atoms in total. The Labute approximate surface area is 122 Å². The van der Waals surface area contributed by atoms with Crippen LogP contribution in [0.5, 0.6) is 0 Å². The lowest BCUT2D eigenvalue weighted by molar-refractivity contribution is 0.277. The van der Waals surface area contributed by atoms with E-state index in [1.54, 1.807) is 0 Å². The first-order valence-electron chi connectivity index (χ1n) is 7.68. The van der Waals surface area contributed by atoms with E-state index < -0.39 is 0 Å². The standard InChI is InChI=1S/C17H27N3/c1-13-8-11-20(12-9-13)17(18)19-10-7-16-14(2)5-4-6-15(16)3/h4-6,13H,7-12H2,1-3H3,(H2,18,19). The minimum absolute atomic E-state index is 0.725. The van der Waals surface area contributed by atoms with Crippen LogP contribution in [0.1, 0.15) is 36.5 Å². The van der Waals surface area contributed by atoms with Crippen molar-refractivity contribution in [2.24, 2.45) is 16.6 Å². The highest BCUT2D eigenvalue weighted by Gasteiger charge is 2.16. The first kappa shape index (κ1) is 14.9. The van der Waals surface area contributed by atoms with Gasteiger partial charge in [-0.25, -0.2) is 0 Å². The molecule has 0 bridgehead atoms. The molecule has 0 amide bonds. The third-order valence-corrected chi connectivity index (χ3v) is 4.39. The number of piperidine rings is 1. The zero-order chi connectivity index (χ0) is 14.5. The lowest BCUT2D eigenvalue weighted by Gasteiger charge is -2.31. The SMILES string of the molecule is Cc1cccc(C)c1CCN=C(N)N1CCC(C)CC1. The average molecular weight is 273 g/mol. The summed E-state index contributed by atoms with van der Waals surface area (Å²) in [5.41, 5.74) is 10.2. The molecule has 3 heteroatoms. The van der Waals surface area contributed by atoms with Crippen molar-refractivity contribution in [3.8, 4) is 0 Å². The van der Waals surface area contributed by atoms with Gasteiger partial charge in [-0.05, 0) is 55.7 Å². The third-order valence-electron chi connectivity index (χ3n) is 4.39. The van der Waals surface area contributed by atoms with E-state index in [1.165, 1.54) is 29.5 Å². The molecule has 2 N–H and O–H groups in total. The molecular weight excluding hydrogens is 246 g/mol. The summed E-state index contributed by atoms with van der Waals surface area (Å²) in [6.45, 7) is 9.54. The summed E-state index contributed by atoms with van der Waals surface area (Å²) in [5.74, 6) is 1.55. The second-order valence-corrected chi connectivity index (χ2v) is 6.03. The van der Waals surface area contributed by atoms with Gasteiger partial charge < -0.3 is 10.6 Å². The van der Waals surface area contributed by atoms with Crippen molar-refractivity contribution >= 4 is 5.96 Å². The summed E-state index contributed by atoms with van der Waals surface area (Å²) in [4.78, 5) is 6.80. The number of aryl methyl sites for hydroxylation is 2. The van der Waals surface area contributed by atoms with Gasteiger partial charge in [0.15, 0.2) is 5.96 Å². The topological polar surface area (TPSA) is 41.6 Å². The van der Waals surface area contributed by atoms with Gasteiger partial charge in [-0.15, -0.1) is 0 Å². The molecule has 0 spiro atoms. The summed E-state index contributed by atoms with van der Waals surface area (Å²) >= 11 is 0. The summed E-state index contributed by atoms with van der Waals surface area (Å²) in [5, 5.41) is 0. The van der Waals surface area contributed by atoms with Crippen molar-refractivity contribution < 1.29 is 0 Å². The molecule has 1 heterocycles. The van der Waals surface area contributed by atoms with Crippen LogP contribution in [0.4, 0.5) is 0 Å². The monoisotopic (exact) mass is 273 g/mol. The molecule has 0 atom stereocenters. The molecule has 0 aromatic heterocycles. The van der Waals surface area contributed by atoms with Gasteiger partial charge in [-0.2, -0.15) is 0 Å². The number of aliphatic imine (C=N–C) groups is 1. The van der Waals surface area contributed by atoms with Crippen molar-refractivity contribution in [1.29, 1.82) is 0 Å². The molecule has 1 aliphatic rings. The summed E-state index contributed by atoms with van der Waals surface area (Å²) in [6.07, 6.45) is 3.43. The summed E-state index contributed by atoms with van der Waals surface area (Å²) < 4.78 is 0. The van der Waals surface area contributed by atoms with Crippen LogP contribution in [0.15, 0.2) is 23.2 Å². The molecule has 0 aliphatic carbocycles. The van der Waals surface area contributed by atoms with Crippen LogP contribution >= 0.6 is 0 Å². The summed E-state index contributed by atoms with van der Waals surface area (Å²) in [6, 6.07) is 6.45. The maximum Gasteiger partial charge on any atom is 0.191 e. The molecule has 1 aliphatic heterocycles. The third kappa shape index (κ3) is 3.75. The maximum absolute atomic E-state index is 6.11. The second kappa shape index (κ2) is 6.78. The van der Waals surface area contributed by atoms with Gasteiger partial charge >= 0.3 is 0 Å². The van der Waals surface area contributed by atoms with E-state index in [9.17, 15) is 0 Å². The number of likely N-dealkylation sites (tertiary alicyclic amines) is 1. The molecule has 0 saturated carbocycles. The summed E-state index contributed by atoms with van der Waals surface area (Å²) in [7, 11) is 0. The van der Waals surface area contributed by atoms with E-state index in [1.807, 2.05) is 0 Å². The van der Waals surface area contributed by atoms with Gasteiger partial charge in [-0.1, -0.05) is 25.1 Å². The Morgan fingerprint density at radius 3 is 2.45 bits per heavy atom. The minimum atomic E-state index is 0.725. The van der Waals surface area contributed by atoms with Gasteiger partial charge in [0.1, 0.15) is 0 Å². The van der Waals surface area contributed by atoms with Crippen LogP contribution in [0.25, 0.3) is 0 Å². The quantitative estimate of drug-likeness (QED) is 0.679. The largest absolute Gasteiger partial charge is 0.370 e. The average Bonchev–Trinajstić information content (AvgIpc) is 2.42. The Bertz CT molecular complexity index is 451. The van der Waals surface area contributed by atoms with E-state index in [0.717, 1.165) is 37.9 Å². The van der Waals surface area contributed by atoms with Gasteiger partial charge in [0.2, 0.25) is 0 Å². The van der Waals surface area contributed by atoms with Crippen molar-refractivity contribution in [2.75, 3.05) is 19.6 Å². The molecule has 20 heavy (non-hydrogen) atoms. The number of guanidine groups is 1. The highest BCUT2D eigenvalue weighted by Crippen LogP contribution is 2.16. The van der Waals surface area contributed by atoms with Gasteiger partial charge in [0.05, 0.1) is 0 Å². The number of rotatable bonds is 3. The van der Waals surface area contributed by atoms with E-state index in [4.69, 9.17) is 5.73 Å². The molecule has 1 aromatic carbocycles.